The van der Waals surface area contributed by atoms with Gasteiger partial charge in [-0.25, -0.2) is 0 Å². The average Bonchev–Trinajstić information content (AvgIpc) is 3.17. The molecule has 4 aromatic rings. The fourth-order valence-corrected chi connectivity index (χ4v) is 3.64. The van der Waals surface area contributed by atoms with E-state index in [1.165, 1.54) is 11.8 Å². The van der Waals surface area contributed by atoms with E-state index < -0.39 is 0 Å². The van der Waals surface area contributed by atoms with Crippen LogP contribution in [0.5, 0.6) is 5.75 Å². The zero-order valence-electron chi connectivity index (χ0n) is 16.3. The average molecular weight is 440 g/mol. The van der Waals surface area contributed by atoms with E-state index in [9.17, 15) is 4.79 Å². The van der Waals surface area contributed by atoms with Crippen molar-refractivity contribution in [1.29, 1.82) is 0 Å². The molecule has 0 unspecified atom stereocenters. The number of halogens is 1. The Morgan fingerprint density at radius 2 is 1.93 bits per heavy atom. The zero-order valence-corrected chi connectivity index (χ0v) is 17.9. The second-order valence-electron chi connectivity index (χ2n) is 6.50. The van der Waals surface area contributed by atoms with Crippen LogP contribution >= 0.6 is 23.4 Å². The predicted molar refractivity (Wildman–Crippen MR) is 118 cm³/mol. The molecule has 152 valence electrons. The molecule has 2 heterocycles. The first-order valence-corrected chi connectivity index (χ1v) is 10.5. The monoisotopic (exact) mass is 439 g/mol. The van der Waals surface area contributed by atoms with Gasteiger partial charge < -0.3 is 10.1 Å². The molecule has 0 spiro atoms. The van der Waals surface area contributed by atoms with E-state index >= 15 is 0 Å². The fraction of sp³-hybridized carbons (Fsp3) is 0.143. The summed E-state index contributed by atoms with van der Waals surface area (Å²) < 4.78 is 6.84. The topological polar surface area (TPSA) is 81.4 Å². The number of nitrogens with zero attached hydrogens (tertiary/aromatic N) is 4. The molecule has 0 bridgehead atoms. The van der Waals surface area contributed by atoms with Crippen molar-refractivity contribution in [1.82, 2.24) is 19.8 Å². The summed E-state index contributed by atoms with van der Waals surface area (Å²) in [6, 6.07) is 16.8. The molecule has 1 N–H and O–H groups in total. The Balaban J connectivity index is 1.48. The van der Waals surface area contributed by atoms with Gasteiger partial charge in [-0.1, -0.05) is 29.4 Å². The lowest BCUT2D eigenvalue weighted by Crippen LogP contribution is -2.14. The van der Waals surface area contributed by atoms with Crippen molar-refractivity contribution in [2.24, 2.45) is 0 Å². The molecule has 0 aliphatic heterocycles. The van der Waals surface area contributed by atoms with Crippen molar-refractivity contribution in [3.8, 4) is 17.0 Å². The number of thioether (sulfide) groups is 1. The van der Waals surface area contributed by atoms with E-state index in [0.29, 0.717) is 21.5 Å². The van der Waals surface area contributed by atoms with Gasteiger partial charge in [0.1, 0.15) is 5.75 Å². The molecule has 2 aromatic carbocycles. The van der Waals surface area contributed by atoms with Crippen molar-refractivity contribution in [3.05, 3.63) is 65.2 Å². The lowest BCUT2D eigenvalue weighted by Gasteiger charge is -2.07. The van der Waals surface area contributed by atoms with Crippen LogP contribution in [0, 0.1) is 6.92 Å². The second kappa shape index (κ2) is 8.73. The van der Waals surface area contributed by atoms with E-state index in [1.54, 1.807) is 17.7 Å². The summed E-state index contributed by atoms with van der Waals surface area (Å²) in [7, 11) is 1.63. The molecule has 0 fully saturated rings. The molecule has 30 heavy (non-hydrogen) atoms. The Morgan fingerprint density at radius 1 is 1.13 bits per heavy atom. The number of methoxy groups -OCH3 is 1. The second-order valence-corrected chi connectivity index (χ2v) is 7.85. The third-order valence-electron chi connectivity index (χ3n) is 4.41. The normalized spacial score (nSPS) is 10.9. The summed E-state index contributed by atoms with van der Waals surface area (Å²) in [4.78, 5) is 12.3. The van der Waals surface area contributed by atoms with Gasteiger partial charge in [-0.05, 0) is 61.0 Å². The molecule has 4 rings (SSSR count). The Kier molecular flexibility index (Phi) is 5.87. The quantitative estimate of drug-likeness (QED) is 0.446. The van der Waals surface area contributed by atoms with Crippen LogP contribution < -0.4 is 10.1 Å². The lowest BCUT2D eigenvalue weighted by atomic mass is 10.1. The molecule has 0 atom stereocenters. The van der Waals surface area contributed by atoms with Crippen LogP contribution in [0.4, 0.5) is 5.69 Å². The number of rotatable bonds is 6. The minimum atomic E-state index is -0.164. The van der Waals surface area contributed by atoms with E-state index in [-0.39, 0.29) is 11.7 Å². The lowest BCUT2D eigenvalue weighted by molar-refractivity contribution is -0.113. The van der Waals surface area contributed by atoms with Gasteiger partial charge in [0.25, 0.3) is 0 Å². The number of nitrogens with one attached hydrogen (secondary N) is 1. The van der Waals surface area contributed by atoms with Gasteiger partial charge in [-0.2, -0.15) is 9.61 Å². The molecule has 9 heteroatoms. The number of benzene rings is 2. The van der Waals surface area contributed by atoms with Crippen LogP contribution in [0.15, 0.2) is 59.8 Å². The fourth-order valence-electron chi connectivity index (χ4n) is 2.77. The van der Waals surface area contributed by atoms with Gasteiger partial charge in [0.2, 0.25) is 11.1 Å². The number of aromatic nitrogens is 4. The summed E-state index contributed by atoms with van der Waals surface area (Å²) in [6.45, 7) is 1.91. The van der Waals surface area contributed by atoms with Crippen LogP contribution in [0.3, 0.4) is 0 Å². The van der Waals surface area contributed by atoms with Crippen molar-refractivity contribution in [3.63, 3.8) is 0 Å². The van der Waals surface area contributed by atoms with E-state index in [1.807, 2.05) is 55.5 Å². The highest BCUT2D eigenvalue weighted by Crippen LogP contribution is 2.23. The van der Waals surface area contributed by atoms with Gasteiger partial charge in [0.05, 0.1) is 18.6 Å². The van der Waals surface area contributed by atoms with Gasteiger partial charge >= 0.3 is 0 Å². The minimum absolute atomic E-state index is 0.164. The molecule has 7 nitrogen and oxygen atoms in total. The Hall–Kier alpha value is -3.10. The molecule has 0 saturated heterocycles. The number of carbonyl (C=O) groups excluding carboxylic acids is 1. The zero-order chi connectivity index (χ0) is 21.1. The van der Waals surface area contributed by atoms with Gasteiger partial charge in [-0.15, -0.1) is 10.2 Å². The highest BCUT2D eigenvalue weighted by molar-refractivity contribution is 7.99. The van der Waals surface area contributed by atoms with Gasteiger partial charge in [0, 0.05) is 16.3 Å². The standard InChI is InChI=1S/C21H18ClN5O2S/c1-13-3-6-15(11-17(13)22)23-20(28)12-30-21-25-24-19-10-9-18(26-27(19)21)14-4-7-16(29-2)8-5-14/h3-11H,12H2,1-2H3,(H,23,28). The number of aryl methyl sites for hydroxylation is 1. The molecule has 0 aliphatic carbocycles. The summed E-state index contributed by atoms with van der Waals surface area (Å²) in [5.74, 6) is 0.782. The molecule has 2 aromatic heterocycles. The summed E-state index contributed by atoms with van der Waals surface area (Å²) in [6.07, 6.45) is 0. The van der Waals surface area contributed by atoms with Crippen molar-refractivity contribution >= 4 is 40.6 Å². The Labute approximate surface area is 182 Å². The van der Waals surface area contributed by atoms with Crippen molar-refractivity contribution < 1.29 is 9.53 Å². The summed E-state index contributed by atoms with van der Waals surface area (Å²) in [5, 5.41) is 16.9. The number of hydrogen-bond donors (Lipinski definition) is 1. The maximum atomic E-state index is 12.3. The first kappa shape index (κ1) is 20.2. The maximum Gasteiger partial charge on any atom is 0.234 e. The third kappa shape index (κ3) is 4.39. The number of amides is 1. The first-order valence-electron chi connectivity index (χ1n) is 9.09. The van der Waals surface area contributed by atoms with E-state index in [0.717, 1.165) is 22.6 Å². The predicted octanol–water partition coefficient (Wildman–Crippen LogP) is 4.49. The number of carbonyl (C=O) groups is 1. The number of ether oxygens (including phenoxy) is 1. The number of anilines is 1. The Bertz CT molecular complexity index is 1210. The molecular weight excluding hydrogens is 422 g/mol. The third-order valence-corrected chi connectivity index (χ3v) is 5.73. The van der Waals surface area contributed by atoms with Crippen molar-refractivity contribution in [2.75, 3.05) is 18.2 Å². The molecule has 0 saturated carbocycles. The van der Waals surface area contributed by atoms with Gasteiger partial charge in [-0.3, -0.25) is 4.79 Å². The smallest absolute Gasteiger partial charge is 0.234 e. The van der Waals surface area contributed by atoms with Crippen molar-refractivity contribution in [2.45, 2.75) is 12.1 Å². The summed E-state index contributed by atoms with van der Waals surface area (Å²) in [5.41, 5.74) is 3.93. The van der Waals surface area contributed by atoms with E-state index in [4.69, 9.17) is 16.3 Å². The molecular formula is C21H18ClN5O2S. The van der Waals surface area contributed by atoms with E-state index in [2.05, 4.69) is 20.6 Å². The van der Waals surface area contributed by atoms with Crippen LogP contribution in [0.2, 0.25) is 5.02 Å². The summed E-state index contributed by atoms with van der Waals surface area (Å²) >= 11 is 7.37. The molecule has 1 amide bonds. The SMILES string of the molecule is COc1ccc(-c2ccc3nnc(SCC(=O)Nc4ccc(C)c(Cl)c4)n3n2)cc1. The van der Waals surface area contributed by atoms with Crippen LogP contribution in [-0.4, -0.2) is 38.6 Å². The number of hydrogen-bond acceptors (Lipinski definition) is 6. The largest absolute Gasteiger partial charge is 0.497 e. The van der Waals surface area contributed by atoms with Gasteiger partial charge in [0.15, 0.2) is 5.65 Å². The van der Waals surface area contributed by atoms with Crippen LogP contribution in [-0.2, 0) is 4.79 Å². The highest BCUT2D eigenvalue weighted by atomic mass is 35.5. The molecule has 0 aliphatic rings. The molecule has 0 radical (unpaired) electrons. The minimum Gasteiger partial charge on any atom is -0.497 e. The maximum absolute atomic E-state index is 12.3. The van der Waals surface area contributed by atoms with Crippen LogP contribution in [0.25, 0.3) is 16.9 Å². The Morgan fingerprint density at radius 3 is 2.67 bits per heavy atom. The van der Waals surface area contributed by atoms with Crippen LogP contribution in [0.1, 0.15) is 5.56 Å². The number of fused-ring (bicyclic) bond motifs is 1. The first-order chi connectivity index (χ1) is 14.5. The highest BCUT2D eigenvalue weighted by Gasteiger charge is 2.12.